The molecule has 12 heavy (non-hydrogen) atoms. The second-order valence-corrected chi connectivity index (χ2v) is 2.81. The fourth-order valence-electron chi connectivity index (χ4n) is 0.735. The lowest BCUT2D eigenvalue weighted by Crippen LogP contribution is -1.95. The van der Waals surface area contributed by atoms with E-state index in [1.165, 1.54) is 0 Å². The number of phenols is 1. The second kappa shape index (κ2) is 4.02. The maximum absolute atomic E-state index is 9.23. The number of para-hydroxylation sites is 2. The number of hydrogen-bond acceptors (Lipinski definition) is 2. The molecule has 0 bridgehead atoms. The summed E-state index contributed by atoms with van der Waals surface area (Å²) in [6.45, 7) is 3.67. The van der Waals surface area contributed by atoms with Crippen LogP contribution in [0.2, 0.25) is 0 Å². The first kappa shape index (κ1) is 8.94. The van der Waals surface area contributed by atoms with E-state index in [0.29, 0.717) is 10.8 Å². The molecule has 0 spiro atoms. The van der Waals surface area contributed by atoms with E-state index in [0.717, 1.165) is 0 Å². The molecule has 0 aromatic heterocycles. The lowest BCUT2D eigenvalue weighted by Gasteiger charge is -2.05. The third kappa shape index (κ3) is 2.47. The highest BCUT2D eigenvalue weighted by Crippen LogP contribution is 2.24. The lowest BCUT2D eigenvalue weighted by molar-refractivity contribution is 0.333. The Morgan fingerprint density at radius 2 is 2.17 bits per heavy atom. The van der Waals surface area contributed by atoms with Gasteiger partial charge in [-0.05, 0) is 12.1 Å². The quantitative estimate of drug-likeness (QED) is 0.782. The molecule has 0 aliphatic carbocycles. The molecule has 3 heteroatoms. The van der Waals surface area contributed by atoms with Crippen molar-refractivity contribution in [3.8, 4) is 11.5 Å². The maximum Gasteiger partial charge on any atom is 0.161 e. The normalized spacial score (nSPS) is 9.42. The van der Waals surface area contributed by atoms with Crippen molar-refractivity contribution >= 4 is 11.6 Å². The van der Waals surface area contributed by atoms with Gasteiger partial charge >= 0.3 is 0 Å². The molecule has 0 fully saturated rings. The number of hydrogen-bond donors (Lipinski definition) is 1. The molecule has 0 aliphatic rings. The molecule has 64 valence electrons. The molecule has 1 aromatic carbocycles. The van der Waals surface area contributed by atoms with Crippen LogP contribution >= 0.6 is 11.6 Å². The van der Waals surface area contributed by atoms with Crippen LogP contribution in [0.25, 0.3) is 0 Å². The number of phenolic OH excluding ortho intramolecular Hbond substituents is 1. The zero-order valence-electron chi connectivity index (χ0n) is 6.46. The van der Waals surface area contributed by atoms with Crippen LogP contribution in [0.5, 0.6) is 11.5 Å². The standard InChI is InChI=1S/C9H9ClO2/c1-7(10)6-12-9-5-3-2-4-8(9)11/h2-5,11H,1,6H2. The minimum Gasteiger partial charge on any atom is -0.504 e. The molecule has 0 aliphatic heterocycles. The van der Waals surface area contributed by atoms with E-state index in [2.05, 4.69) is 6.58 Å². The van der Waals surface area contributed by atoms with Gasteiger partial charge in [-0.3, -0.25) is 0 Å². The molecule has 1 N–H and O–H groups in total. The van der Waals surface area contributed by atoms with E-state index in [4.69, 9.17) is 16.3 Å². The molecule has 0 saturated carbocycles. The molecular weight excluding hydrogens is 176 g/mol. The topological polar surface area (TPSA) is 29.5 Å². The molecule has 0 unspecified atom stereocenters. The summed E-state index contributed by atoms with van der Waals surface area (Å²) < 4.78 is 5.12. The van der Waals surface area contributed by atoms with Crippen LogP contribution in [0.3, 0.4) is 0 Å². The zero-order chi connectivity index (χ0) is 8.97. The SMILES string of the molecule is C=C(Cl)COc1ccccc1O. The van der Waals surface area contributed by atoms with Gasteiger partial charge in [0.25, 0.3) is 0 Å². The van der Waals surface area contributed by atoms with Crippen LogP contribution in [0.15, 0.2) is 35.9 Å². The first-order valence-corrected chi connectivity index (χ1v) is 3.82. The van der Waals surface area contributed by atoms with Gasteiger partial charge in [-0.1, -0.05) is 30.3 Å². The summed E-state index contributed by atoms with van der Waals surface area (Å²) in [5, 5.41) is 9.63. The van der Waals surface area contributed by atoms with Crippen LogP contribution in [0.4, 0.5) is 0 Å². The van der Waals surface area contributed by atoms with Crippen molar-refractivity contribution in [1.82, 2.24) is 0 Å². The Bertz CT molecular complexity index is 284. The zero-order valence-corrected chi connectivity index (χ0v) is 7.21. The van der Waals surface area contributed by atoms with Crippen molar-refractivity contribution in [3.63, 3.8) is 0 Å². The Morgan fingerprint density at radius 3 is 2.75 bits per heavy atom. The fourth-order valence-corrected chi connectivity index (χ4v) is 0.790. The molecule has 0 radical (unpaired) electrons. The Morgan fingerprint density at radius 1 is 1.50 bits per heavy atom. The van der Waals surface area contributed by atoms with Gasteiger partial charge in [-0.25, -0.2) is 0 Å². The third-order valence-electron chi connectivity index (χ3n) is 1.25. The van der Waals surface area contributed by atoms with E-state index >= 15 is 0 Å². The minimum absolute atomic E-state index is 0.107. The second-order valence-electron chi connectivity index (χ2n) is 2.27. The summed E-state index contributed by atoms with van der Waals surface area (Å²) in [5.74, 6) is 0.523. The first-order valence-electron chi connectivity index (χ1n) is 3.44. The van der Waals surface area contributed by atoms with Crippen molar-refractivity contribution in [3.05, 3.63) is 35.9 Å². The highest BCUT2D eigenvalue weighted by Gasteiger charge is 1.99. The number of rotatable bonds is 3. The van der Waals surface area contributed by atoms with E-state index in [1.807, 2.05) is 0 Å². The Hall–Kier alpha value is -1.15. The number of benzene rings is 1. The van der Waals surface area contributed by atoms with E-state index in [-0.39, 0.29) is 12.4 Å². The molecule has 2 nitrogen and oxygen atoms in total. The Kier molecular flexibility index (Phi) is 3.00. The Balaban J connectivity index is 2.63. The van der Waals surface area contributed by atoms with Gasteiger partial charge in [0, 0.05) is 5.03 Å². The maximum atomic E-state index is 9.23. The van der Waals surface area contributed by atoms with Crippen molar-refractivity contribution in [2.45, 2.75) is 0 Å². The molecule has 0 heterocycles. The summed E-state index contributed by atoms with van der Waals surface area (Å²) in [5.41, 5.74) is 0. The largest absolute Gasteiger partial charge is 0.504 e. The summed E-state index contributed by atoms with van der Waals surface area (Å²) in [4.78, 5) is 0. The summed E-state index contributed by atoms with van der Waals surface area (Å²) in [7, 11) is 0. The van der Waals surface area contributed by atoms with E-state index in [9.17, 15) is 5.11 Å². The van der Waals surface area contributed by atoms with Gasteiger partial charge in [-0.2, -0.15) is 0 Å². The molecular formula is C9H9ClO2. The van der Waals surface area contributed by atoms with Gasteiger partial charge in [0.15, 0.2) is 11.5 Å². The molecule has 1 rings (SSSR count). The van der Waals surface area contributed by atoms with E-state index in [1.54, 1.807) is 24.3 Å². The van der Waals surface area contributed by atoms with Crippen LogP contribution in [0, 0.1) is 0 Å². The molecule has 1 aromatic rings. The van der Waals surface area contributed by atoms with E-state index < -0.39 is 0 Å². The predicted molar refractivity (Wildman–Crippen MR) is 48.6 cm³/mol. The van der Waals surface area contributed by atoms with Crippen LogP contribution < -0.4 is 4.74 Å². The molecule has 0 saturated heterocycles. The average molecular weight is 185 g/mol. The average Bonchev–Trinajstić information content (AvgIpc) is 2.03. The summed E-state index contributed by atoms with van der Waals surface area (Å²) >= 11 is 5.48. The fraction of sp³-hybridized carbons (Fsp3) is 0.111. The Labute approximate surface area is 76.0 Å². The number of aromatic hydroxyl groups is 1. The van der Waals surface area contributed by atoms with Gasteiger partial charge < -0.3 is 9.84 Å². The number of halogens is 1. The first-order chi connectivity index (χ1) is 5.70. The van der Waals surface area contributed by atoms with Crippen molar-refractivity contribution in [1.29, 1.82) is 0 Å². The van der Waals surface area contributed by atoms with Gasteiger partial charge in [0.1, 0.15) is 6.61 Å². The van der Waals surface area contributed by atoms with Crippen LogP contribution in [-0.2, 0) is 0 Å². The van der Waals surface area contributed by atoms with Crippen molar-refractivity contribution in [2.24, 2.45) is 0 Å². The van der Waals surface area contributed by atoms with Gasteiger partial charge in [0.05, 0.1) is 0 Å². The highest BCUT2D eigenvalue weighted by atomic mass is 35.5. The third-order valence-corrected chi connectivity index (χ3v) is 1.36. The summed E-state index contributed by atoms with van der Waals surface area (Å²) in [6, 6.07) is 6.70. The predicted octanol–water partition coefficient (Wildman–Crippen LogP) is 2.52. The van der Waals surface area contributed by atoms with Gasteiger partial charge in [-0.15, -0.1) is 0 Å². The number of ether oxygens (including phenoxy) is 1. The molecule has 0 atom stereocenters. The smallest absolute Gasteiger partial charge is 0.161 e. The molecule has 0 amide bonds. The van der Waals surface area contributed by atoms with Crippen LogP contribution in [-0.4, -0.2) is 11.7 Å². The minimum atomic E-state index is 0.107. The summed E-state index contributed by atoms with van der Waals surface area (Å²) in [6.07, 6.45) is 0. The van der Waals surface area contributed by atoms with Crippen molar-refractivity contribution < 1.29 is 9.84 Å². The van der Waals surface area contributed by atoms with Gasteiger partial charge in [0.2, 0.25) is 0 Å². The highest BCUT2D eigenvalue weighted by molar-refractivity contribution is 6.29. The van der Waals surface area contributed by atoms with Crippen LogP contribution in [0.1, 0.15) is 0 Å². The lowest BCUT2D eigenvalue weighted by atomic mass is 10.3. The van der Waals surface area contributed by atoms with Crippen molar-refractivity contribution in [2.75, 3.05) is 6.61 Å². The monoisotopic (exact) mass is 184 g/mol.